The van der Waals surface area contributed by atoms with Gasteiger partial charge in [-0.2, -0.15) is 23.5 Å². The molecule has 1 saturated heterocycles. The van der Waals surface area contributed by atoms with Crippen LogP contribution in [0.1, 0.15) is 32.1 Å². The summed E-state index contributed by atoms with van der Waals surface area (Å²) in [6.07, 6.45) is 5.32. The van der Waals surface area contributed by atoms with Gasteiger partial charge in [-0.15, -0.1) is 12.4 Å². The number of nitrogens with two attached hydrogens (primary N) is 1. The van der Waals surface area contributed by atoms with E-state index in [9.17, 15) is 4.79 Å². The van der Waals surface area contributed by atoms with Gasteiger partial charge in [0.15, 0.2) is 0 Å². The van der Waals surface area contributed by atoms with Crippen LogP contribution in [0.4, 0.5) is 0 Å². The van der Waals surface area contributed by atoms with E-state index in [2.05, 4.69) is 5.32 Å². The summed E-state index contributed by atoms with van der Waals surface area (Å²) in [5.41, 5.74) is 6.08. The maximum Gasteiger partial charge on any atom is 0.220 e. The Kier molecular flexibility index (Phi) is 8.62. The molecule has 3 N–H and O–H groups in total. The lowest BCUT2D eigenvalue weighted by Gasteiger charge is -2.28. The maximum atomic E-state index is 11.9. The van der Waals surface area contributed by atoms with Gasteiger partial charge in [0.05, 0.1) is 0 Å². The minimum absolute atomic E-state index is 0. The molecule has 2 fully saturated rings. The molecule has 0 aromatic heterocycles. The highest BCUT2D eigenvalue weighted by molar-refractivity contribution is 8.06. The fraction of sp³-hybridized carbons (Fsp3) is 0.923. The van der Waals surface area contributed by atoms with Crippen LogP contribution in [0.3, 0.4) is 0 Å². The number of nitrogens with one attached hydrogen (secondary N) is 1. The smallest absolute Gasteiger partial charge is 0.220 e. The van der Waals surface area contributed by atoms with Gasteiger partial charge in [-0.05, 0) is 18.8 Å². The van der Waals surface area contributed by atoms with E-state index in [1.165, 1.54) is 30.1 Å². The van der Waals surface area contributed by atoms with Crippen LogP contribution in [0, 0.1) is 5.92 Å². The Morgan fingerprint density at radius 3 is 2.74 bits per heavy atom. The molecule has 6 heteroatoms. The standard InChI is InChI=1S/C13H24N2OS2.ClH/c14-12-4-2-1-3-10(12)7-13(16)15-8-11-9-17-5-6-18-11;/h10-12H,1-9,14H2,(H,15,16);1H. The van der Waals surface area contributed by atoms with Crippen molar-refractivity contribution in [2.75, 3.05) is 23.8 Å². The van der Waals surface area contributed by atoms with Crippen LogP contribution in [0.25, 0.3) is 0 Å². The van der Waals surface area contributed by atoms with E-state index in [0.29, 0.717) is 17.6 Å². The number of hydrogen-bond acceptors (Lipinski definition) is 4. The van der Waals surface area contributed by atoms with Crippen molar-refractivity contribution in [2.24, 2.45) is 11.7 Å². The molecular weight excluding hydrogens is 300 g/mol. The Balaban J connectivity index is 0.00000180. The molecule has 1 heterocycles. The summed E-state index contributed by atoms with van der Waals surface area (Å²) in [7, 11) is 0. The Morgan fingerprint density at radius 2 is 2.05 bits per heavy atom. The van der Waals surface area contributed by atoms with Gasteiger partial charge in [0, 0.05) is 41.5 Å². The molecule has 0 aromatic carbocycles. The van der Waals surface area contributed by atoms with Gasteiger partial charge in [-0.3, -0.25) is 4.79 Å². The van der Waals surface area contributed by atoms with Crippen LogP contribution in [-0.4, -0.2) is 41.0 Å². The Labute approximate surface area is 131 Å². The molecule has 0 aromatic rings. The van der Waals surface area contributed by atoms with E-state index in [1.807, 2.05) is 23.5 Å². The normalized spacial score (nSPS) is 31.3. The molecule has 1 amide bonds. The van der Waals surface area contributed by atoms with E-state index in [0.717, 1.165) is 19.4 Å². The molecule has 0 spiro atoms. The third-order valence-electron chi connectivity index (χ3n) is 3.83. The summed E-state index contributed by atoms with van der Waals surface area (Å²) in [5.74, 6) is 4.26. The molecule has 2 rings (SSSR count). The summed E-state index contributed by atoms with van der Waals surface area (Å²) >= 11 is 3.99. The van der Waals surface area contributed by atoms with Crippen LogP contribution < -0.4 is 11.1 Å². The second-order valence-corrected chi connectivity index (χ2v) is 7.84. The Bertz CT molecular complexity index is 275. The fourth-order valence-electron chi connectivity index (χ4n) is 2.68. The van der Waals surface area contributed by atoms with Crippen molar-refractivity contribution in [3.63, 3.8) is 0 Å². The molecule has 0 radical (unpaired) electrons. The van der Waals surface area contributed by atoms with Gasteiger partial charge in [-0.1, -0.05) is 12.8 Å². The first-order valence-electron chi connectivity index (χ1n) is 6.97. The number of carbonyl (C=O) groups is 1. The lowest BCUT2D eigenvalue weighted by atomic mass is 9.83. The third-order valence-corrected chi connectivity index (χ3v) is 6.67. The van der Waals surface area contributed by atoms with Crippen LogP contribution in [0.2, 0.25) is 0 Å². The molecule has 1 aliphatic carbocycles. The summed E-state index contributed by atoms with van der Waals surface area (Å²) in [5, 5.41) is 3.70. The zero-order valence-corrected chi connectivity index (χ0v) is 13.8. The molecule has 3 nitrogen and oxygen atoms in total. The van der Waals surface area contributed by atoms with E-state index >= 15 is 0 Å². The van der Waals surface area contributed by atoms with Crippen LogP contribution >= 0.6 is 35.9 Å². The SMILES string of the molecule is Cl.NC1CCCCC1CC(=O)NCC1CSCCS1. The highest BCUT2D eigenvalue weighted by Gasteiger charge is 2.24. The van der Waals surface area contributed by atoms with Crippen LogP contribution in [0.5, 0.6) is 0 Å². The molecule has 0 bridgehead atoms. The molecular formula is C13H25ClN2OS2. The lowest BCUT2D eigenvalue weighted by molar-refractivity contribution is -0.122. The number of hydrogen-bond donors (Lipinski definition) is 2. The van der Waals surface area contributed by atoms with Crippen molar-refractivity contribution < 1.29 is 4.79 Å². The average Bonchev–Trinajstić information content (AvgIpc) is 2.40. The monoisotopic (exact) mass is 324 g/mol. The zero-order valence-electron chi connectivity index (χ0n) is 11.3. The van der Waals surface area contributed by atoms with Crippen LogP contribution in [0.15, 0.2) is 0 Å². The number of halogens is 1. The quantitative estimate of drug-likeness (QED) is 0.833. The van der Waals surface area contributed by atoms with E-state index in [1.54, 1.807) is 0 Å². The van der Waals surface area contributed by atoms with Gasteiger partial charge >= 0.3 is 0 Å². The number of amides is 1. The molecule has 2 aliphatic rings. The van der Waals surface area contributed by atoms with E-state index < -0.39 is 0 Å². The topological polar surface area (TPSA) is 55.1 Å². The molecule has 3 unspecified atom stereocenters. The Hall–Kier alpha value is 0.420. The largest absolute Gasteiger partial charge is 0.355 e. The van der Waals surface area contributed by atoms with Crippen molar-refractivity contribution in [1.29, 1.82) is 0 Å². The van der Waals surface area contributed by atoms with E-state index in [4.69, 9.17) is 5.73 Å². The fourth-order valence-corrected chi connectivity index (χ4v) is 5.29. The minimum atomic E-state index is 0. The molecule has 1 saturated carbocycles. The van der Waals surface area contributed by atoms with Crippen molar-refractivity contribution >= 4 is 41.8 Å². The lowest BCUT2D eigenvalue weighted by Crippen LogP contribution is -2.39. The third kappa shape index (κ3) is 6.15. The predicted octanol–water partition coefficient (Wildman–Crippen LogP) is 2.28. The number of carbonyl (C=O) groups excluding carboxylic acids is 1. The highest BCUT2D eigenvalue weighted by atomic mass is 35.5. The van der Waals surface area contributed by atoms with Gasteiger partial charge in [0.1, 0.15) is 0 Å². The number of rotatable bonds is 4. The van der Waals surface area contributed by atoms with E-state index in [-0.39, 0.29) is 24.4 Å². The highest BCUT2D eigenvalue weighted by Crippen LogP contribution is 2.26. The molecule has 3 atom stereocenters. The van der Waals surface area contributed by atoms with Crippen molar-refractivity contribution in [1.82, 2.24) is 5.32 Å². The van der Waals surface area contributed by atoms with Gasteiger partial charge in [-0.25, -0.2) is 0 Å². The first-order chi connectivity index (χ1) is 8.75. The second-order valence-electron chi connectivity index (χ2n) is 5.28. The zero-order chi connectivity index (χ0) is 12.8. The summed E-state index contributed by atoms with van der Waals surface area (Å²) in [6, 6.07) is 0.240. The maximum absolute atomic E-state index is 11.9. The predicted molar refractivity (Wildman–Crippen MR) is 88.4 cm³/mol. The van der Waals surface area contributed by atoms with Gasteiger partial charge in [0.25, 0.3) is 0 Å². The first-order valence-corrected chi connectivity index (χ1v) is 9.17. The second kappa shape index (κ2) is 9.37. The molecule has 19 heavy (non-hydrogen) atoms. The first kappa shape index (κ1) is 17.5. The van der Waals surface area contributed by atoms with Crippen molar-refractivity contribution in [3.8, 4) is 0 Å². The van der Waals surface area contributed by atoms with Crippen LogP contribution in [-0.2, 0) is 4.79 Å². The summed E-state index contributed by atoms with van der Waals surface area (Å²) in [6.45, 7) is 0.832. The number of thioether (sulfide) groups is 2. The minimum Gasteiger partial charge on any atom is -0.355 e. The molecule has 112 valence electrons. The van der Waals surface area contributed by atoms with Gasteiger partial charge in [0.2, 0.25) is 5.91 Å². The molecule has 1 aliphatic heterocycles. The summed E-state index contributed by atoms with van der Waals surface area (Å²) in [4.78, 5) is 11.9. The van der Waals surface area contributed by atoms with Gasteiger partial charge < -0.3 is 11.1 Å². The average molecular weight is 325 g/mol. The summed E-state index contributed by atoms with van der Waals surface area (Å²) < 4.78 is 0. The van der Waals surface area contributed by atoms with Crippen molar-refractivity contribution in [3.05, 3.63) is 0 Å². The Morgan fingerprint density at radius 1 is 1.26 bits per heavy atom. The van der Waals surface area contributed by atoms with Crippen molar-refractivity contribution in [2.45, 2.75) is 43.4 Å².